The number of nitrogens with one attached hydrogen (secondary N) is 1. The van der Waals surface area contributed by atoms with E-state index in [9.17, 15) is 18.0 Å². The summed E-state index contributed by atoms with van der Waals surface area (Å²) < 4.78 is 40.8. The first kappa shape index (κ1) is 26.0. The summed E-state index contributed by atoms with van der Waals surface area (Å²) >= 11 is 0. The Balaban J connectivity index is 1.60. The molecule has 0 bridgehead atoms. The molecule has 1 aliphatic heterocycles. The molecule has 2 heterocycles. The summed E-state index contributed by atoms with van der Waals surface area (Å²) in [4.78, 5) is 19.1. The van der Waals surface area contributed by atoms with Crippen molar-refractivity contribution < 1.29 is 18.0 Å². The van der Waals surface area contributed by atoms with Crippen LogP contribution < -0.4 is 21.8 Å². The second-order valence-corrected chi connectivity index (χ2v) is 9.11. The lowest BCUT2D eigenvalue weighted by atomic mass is 9.90. The molecule has 1 aromatic heterocycles. The van der Waals surface area contributed by atoms with E-state index in [0.717, 1.165) is 25.0 Å². The van der Waals surface area contributed by atoms with Crippen molar-refractivity contribution in [1.29, 1.82) is 0 Å². The van der Waals surface area contributed by atoms with Crippen LogP contribution in [-0.2, 0) is 11.0 Å². The largest absolute Gasteiger partial charge is 0.416 e. The molecule has 0 saturated carbocycles. The minimum atomic E-state index is -4.54. The van der Waals surface area contributed by atoms with E-state index >= 15 is 0 Å². The van der Waals surface area contributed by atoms with Crippen molar-refractivity contribution in [3.05, 3.63) is 95.6 Å². The van der Waals surface area contributed by atoms with Gasteiger partial charge in [-0.15, -0.1) is 0 Å². The average molecular weight is 511 g/mol. The van der Waals surface area contributed by atoms with Crippen molar-refractivity contribution >= 4 is 23.0 Å². The molecule has 194 valence electrons. The summed E-state index contributed by atoms with van der Waals surface area (Å²) in [5, 5.41) is 3.94. The van der Waals surface area contributed by atoms with Gasteiger partial charge in [-0.25, -0.2) is 5.84 Å². The van der Waals surface area contributed by atoms with E-state index in [1.54, 1.807) is 42.7 Å². The zero-order valence-corrected chi connectivity index (χ0v) is 20.4. The molecule has 1 fully saturated rings. The normalized spacial score (nSPS) is 18.4. The van der Waals surface area contributed by atoms with Gasteiger partial charge in [0.1, 0.15) is 0 Å². The number of aromatic nitrogens is 1. The number of pyridine rings is 1. The molecule has 37 heavy (non-hydrogen) atoms. The monoisotopic (exact) mass is 510 g/mol. The van der Waals surface area contributed by atoms with E-state index < -0.39 is 17.6 Å². The Morgan fingerprint density at radius 3 is 2.62 bits per heavy atom. The van der Waals surface area contributed by atoms with Gasteiger partial charge in [0.15, 0.2) is 0 Å². The SMILES string of the molecule is C=C1C=C(C(=O)Nc2cc(N3CCCC3)cc(C(F)(F)F)c2)C=C(N(N)/C=C(\N)c2cccnc2)C1C. The van der Waals surface area contributed by atoms with Gasteiger partial charge in [0.2, 0.25) is 0 Å². The summed E-state index contributed by atoms with van der Waals surface area (Å²) in [7, 11) is 0. The molecule has 10 heteroatoms. The number of hydrogen-bond donors (Lipinski definition) is 3. The van der Waals surface area contributed by atoms with Crippen LogP contribution in [0.15, 0.2) is 84.5 Å². The maximum Gasteiger partial charge on any atom is 0.416 e. The topological polar surface area (TPSA) is 101 Å². The highest BCUT2D eigenvalue weighted by Gasteiger charge is 2.32. The van der Waals surface area contributed by atoms with Gasteiger partial charge in [-0.2, -0.15) is 13.2 Å². The van der Waals surface area contributed by atoms with Gasteiger partial charge in [-0.05, 0) is 60.9 Å². The smallest absolute Gasteiger partial charge is 0.397 e. The number of benzene rings is 1. The van der Waals surface area contributed by atoms with Gasteiger partial charge in [0.05, 0.1) is 11.3 Å². The molecule has 0 spiro atoms. The standard InChI is InChI=1S/C27H29F3N6O/c1-17-10-20(11-25(18(17)2)36(32)16-24(31)19-6-5-7-33-15-19)26(37)34-22-12-21(27(28,29)30)13-23(14-22)35-8-3-4-9-35/h5-7,10-16,18H,1,3-4,8-9,31-32H2,2H3,(H,34,37)/b24-16-. The molecule has 0 radical (unpaired) electrons. The number of amides is 1. The highest BCUT2D eigenvalue weighted by Crippen LogP contribution is 2.36. The zero-order chi connectivity index (χ0) is 26.7. The van der Waals surface area contributed by atoms with Gasteiger partial charge in [0.25, 0.3) is 5.91 Å². The Hall–Kier alpha value is -4.05. The van der Waals surface area contributed by atoms with Crippen LogP contribution in [0.1, 0.15) is 30.9 Å². The number of carbonyl (C=O) groups excluding carboxylic acids is 1. The number of nitrogens with zero attached hydrogens (tertiary/aromatic N) is 3. The lowest BCUT2D eigenvalue weighted by Gasteiger charge is -2.28. The van der Waals surface area contributed by atoms with E-state index in [4.69, 9.17) is 11.6 Å². The molecule has 1 aromatic carbocycles. The van der Waals surface area contributed by atoms with Crippen LogP contribution >= 0.6 is 0 Å². The van der Waals surface area contributed by atoms with Gasteiger partial charge >= 0.3 is 6.18 Å². The summed E-state index contributed by atoms with van der Waals surface area (Å²) in [5.41, 5.74) is 8.25. The summed E-state index contributed by atoms with van der Waals surface area (Å²) in [5.74, 6) is 5.47. The third kappa shape index (κ3) is 6.03. The van der Waals surface area contributed by atoms with E-state index in [0.29, 0.717) is 41.3 Å². The fourth-order valence-corrected chi connectivity index (χ4v) is 4.31. The van der Waals surface area contributed by atoms with Gasteiger partial charge in [0, 0.05) is 65.8 Å². The number of hydrogen-bond acceptors (Lipinski definition) is 6. The lowest BCUT2D eigenvalue weighted by molar-refractivity contribution is -0.137. The number of halogens is 3. The second-order valence-electron chi connectivity index (χ2n) is 9.11. The molecular weight excluding hydrogens is 481 g/mol. The molecular formula is C27H29F3N6O. The number of alkyl halides is 3. The van der Waals surface area contributed by atoms with E-state index in [2.05, 4.69) is 16.9 Å². The molecule has 1 aliphatic carbocycles. The highest BCUT2D eigenvalue weighted by atomic mass is 19.4. The van der Waals surface area contributed by atoms with Gasteiger partial charge in [-0.1, -0.05) is 13.5 Å². The molecule has 7 nitrogen and oxygen atoms in total. The van der Waals surface area contributed by atoms with E-state index in [1.165, 1.54) is 11.2 Å². The fourth-order valence-electron chi connectivity index (χ4n) is 4.31. The predicted octanol–water partition coefficient (Wildman–Crippen LogP) is 4.79. The molecule has 1 unspecified atom stereocenters. The summed E-state index contributed by atoms with van der Waals surface area (Å²) in [6.07, 6.45) is 5.20. The molecule has 4 rings (SSSR count). The molecule has 1 atom stereocenters. The first-order valence-corrected chi connectivity index (χ1v) is 11.8. The van der Waals surface area contributed by atoms with Crippen LogP contribution in [0.5, 0.6) is 0 Å². The average Bonchev–Trinajstić information content (AvgIpc) is 3.40. The third-order valence-electron chi connectivity index (χ3n) is 6.45. The highest BCUT2D eigenvalue weighted by molar-refractivity contribution is 6.06. The number of hydrazine groups is 1. The molecule has 1 saturated heterocycles. The Labute approximate surface area is 213 Å². The third-order valence-corrected chi connectivity index (χ3v) is 6.45. The minimum absolute atomic E-state index is 0.0622. The Morgan fingerprint density at radius 1 is 1.24 bits per heavy atom. The Morgan fingerprint density at radius 2 is 1.97 bits per heavy atom. The van der Waals surface area contributed by atoms with Crippen LogP contribution in [0.25, 0.3) is 5.70 Å². The second kappa shape index (κ2) is 10.5. The van der Waals surface area contributed by atoms with Crippen molar-refractivity contribution in [3.63, 3.8) is 0 Å². The van der Waals surface area contributed by atoms with Crippen LogP contribution in [0.3, 0.4) is 0 Å². The minimum Gasteiger partial charge on any atom is -0.397 e. The van der Waals surface area contributed by atoms with Gasteiger partial charge in [-0.3, -0.25) is 14.8 Å². The van der Waals surface area contributed by atoms with Crippen molar-refractivity contribution in [3.8, 4) is 0 Å². The first-order valence-electron chi connectivity index (χ1n) is 11.8. The van der Waals surface area contributed by atoms with Gasteiger partial charge < -0.3 is 16.0 Å². The van der Waals surface area contributed by atoms with Crippen LogP contribution in [-0.4, -0.2) is 29.0 Å². The van der Waals surface area contributed by atoms with Crippen molar-refractivity contribution in [2.24, 2.45) is 17.5 Å². The van der Waals surface area contributed by atoms with Crippen LogP contribution in [0, 0.1) is 5.92 Å². The lowest BCUT2D eigenvalue weighted by Crippen LogP contribution is -2.31. The van der Waals surface area contributed by atoms with Crippen LogP contribution in [0.4, 0.5) is 24.5 Å². The quantitative estimate of drug-likeness (QED) is 0.382. The van der Waals surface area contributed by atoms with E-state index in [1.807, 2.05) is 11.8 Å². The Bertz CT molecular complexity index is 1280. The van der Waals surface area contributed by atoms with Crippen molar-refractivity contribution in [2.75, 3.05) is 23.3 Å². The number of rotatable bonds is 6. The number of anilines is 2. The fraction of sp³-hybridized carbons (Fsp3) is 0.259. The maximum absolute atomic E-state index is 13.6. The molecule has 2 aromatic rings. The maximum atomic E-state index is 13.6. The molecule has 2 aliphatic rings. The number of carbonyl (C=O) groups is 1. The van der Waals surface area contributed by atoms with Crippen LogP contribution in [0.2, 0.25) is 0 Å². The predicted molar refractivity (Wildman–Crippen MR) is 138 cm³/mol. The first-order chi connectivity index (χ1) is 17.5. The molecule has 5 N–H and O–H groups in total. The number of nitrogens with two attached hydrogens (primary N) is 2. The summed E-state index contributed by atoms with van der Waals surface area (Å²) in [6, 6.07) is 7.16. The number of allylic oxidation sites excluding steroid dienone is 2. The van der Waals surface area contributed by atoms with Crippen molar-refractivity contribution in [2.45, 2.75) is 25.9 Å². The Kier molecular flexibility index (Phi) is 7.40. The summed E-state index contributed by atoms with van der Waals surface area (Å²) in [6.45, 7) is 7.24. The zero-order valence-electron chi connectivity index (χ0n) is 20.4. The van der Waals surface area contributed by atoms with Crippen molar-refractivity contribution in [1.82, 2.24) is 9.99 Å². The molecule has 1 amide bonds. The van der Waals surface area contributed by atoms with E-state index in [-0.39, 0.29) is 17.2 Å².